The van der Waals surface area contributed by atoms with E-state index >= 15 is 0 Å². The van der Waals surface area contributed by atoms with E-state index in [-0.39, 0.29) is 0 Å². The minimum atomic E-state index is -0.413. The number of morpholine rings is 1. The van der Waals surface area contributed by atoms with E-state index in [1.54, 1.807) is 0 Å². The number of rotatable bonds is 10. The van der Waals surface area contributed by atoms with Gasteiger partial charge in [-0.3, -0.25) is 4.90 Å². The average molecular weight is 274 g/mol. The Morgan fingerprint density at radius 3 is 2.79 bits per heavy atom. The van der Waals surface area contributed by atoms with Gasteiger partial charge in [0.05, 0.1) is 25.9 Å². The summed E-state index contributed by atoms with van der Waals surface area (Å²) in [6.07, 6.45) is 1.78. The Morgan fingerprint density at radius 2 is 2.11 bits per heavy atom. The molecule has 0 aromatic rings. The molecule has 1 saturated heterocycles. The number of aliphatic hydroxyl groups is 1. The lowest BCUT2D eigenvalue weighted by Crippen LogP contribution is -2.46. The van der Waals surface area contributed by atoms with Crippen LogP contribution in [0.3, 0.4) is 0 Å². The Kier molecular flexibility index (Phi) is 9.38. The van der Waals surface area contributed by atoms with Crippen LogP contribution in [-0.4, -0.2) is 74.8 Å². The van der Waals surface area contributed by atoms with Crippen molar-refractivity contribution in [1.29, 1.82) is 0 Å². The molecule has 19 heavy (non-hydrogen) atoms. The first-order valence-corrected chi connectivity index (χ1v) is 7.51. The van der Waals surface area contributed by atoms with E-state index in [1.807, 2.05) is 0 Å². The van der Waals surface area contributed by atoms with Gasteiger partial charge in [-0.25, -0.2) is 0 Å². The third-order valence-corrected chi connectivity index (χ3v) is 3.29. The van der Waals surface area contributed by atoms with Gasteiger partial charge in [-0.15, -0.1) is 0 Å². The number of nitrogens with one attached hydrogen (secondary N) is 1. The normalized spacial score (nSPS) is 20.4. The molecule has 1 fully saturated rings. The highest BCUT2D eigenvalue weighted by molar-refractivity contribution is 4.71. The standard InChI is InChI=1S/C14H30N2O3/c1-3-4-7-19-12-14(17)10-15-13(2)11-16-5-8-18-9-6-16/h13-15,17H,3-12H2,1-2H3. The van der Waals surface area contributed by atoms with Crippen molar-refractivity contribution in [3.8, 4) is 0 Å². The molecule has 0 saturated carbocycles. The Bertz CT molecular complexity index is 211. The van der Waals surface area contributed by atoms with Gasteiger partial charge in [0.1, 0.15) is 0 Å². The summed E-state index contributed by atoms with van der Waals surface area (Å²) < 4.78 is 10.7. The maximum atomic E-state index is 9.78. The van der Waals surface area contributed by atoms with Gasteiger partial charge in [0.2, 0.25) is 0 Å². The number of hydrogen-bond donors (Lipinski definition) is 2. The van der Waals surface area contributed by atoms with E-state index in [9.17, 15) is 5.11 Å². The molecule has 5 nitrogen and oxygen atoms in total. The molecule has 1 rings (SSSR count). The van der Waals surface area contributed by atoms with E-state index in [1.165, 1.54) is 0 Å². The van der Waals surface area contributed by atoms with Crippen LogP contribution in [0.5, 0.6) is 0 Å². The van der Waals surface area contributed by atoms with Crippen LogP contribution in [0, 0.1) is 0 Å². The summed E-state index contributed by atoms with van der Waals surface area (Å²) in [6, 6.07) is 0.378. The molecule has 0 radical (unpaired) electrons. The predicted octanol–water partition coefficient (Wildman–Crippen LogP) is 0.474. The van der Waals surface area contributed by atoms with Crippen molar-refractivity contribution >= 4 is 0 Å². The van der Waals surface area contributed by atoms with Crippen LogP contribution in [-0.2, 0) is 9.47 Å². The van der Waals surface area contributed by atoms with E-state index in [0.29, 0.717) is 19.2 Å². The van der Waals surface area contributed by atoms with Gasteiger partial charge < -0.3 is 19.9 Å². The topological polar surface area (TPSA) is 54.0 Å². The maximum Gasteiger partial charge on any atom is 0.0897 e. The van der Waals surface area contributed by atoms with Crippen LogP contribution in [0.4, 0.5) is 0 Å². The summed E-state index contributed by atoms with van der Waals surface area (Å²) in [4.78, 5) is 2.39. The monoisotopic (exact) mass is 274 g/mol. The van der Waals surface area contributed by atoms with E-state index in [4.69, 9.17) is 9.47 Å². The highest BCUT2D eigenvalue weighted by atomic mass is 16.5. The largest absolute Gasteiger partial charge is 0.389 e. The van der Waals surface area contributed by atoms with Crippen LogP contribution in [0.1, 0.15) is 26.7 Å². The fourth-order valence-corrected chi connectivity index (χ4v) is 2.10. The van der Waals surface area contributed by atoms with Crippen LogP contribution in [0.2, 0.25) is 0 Å². The molecule has 0 spiro atoms. The molecule has 0 amide bonds. The lowest BCUT2D eigenvalue weighted by atomic mass is 10.2. The third kappa shape index (κ3) is 8.55. The summed E-state index contributed by atoms with van der Waals surface area (Å²) in [5.41, 5.74) is 0. The van der Waals surface area contributed by atoms with Gasteiger partial charge in [0.15, 0.2) is 0 Å². The Balaban J connectivity index is 2.00. The Hall–Kier alpha value is -0.200. The molecule has 0 bridgehead atoms. The maximum absolute atomic E-state index is 9.78. The molecule has 1 aliphatic heterocycles. The van der Waals surface area contributed by atoms with E-state index in [2.05, 4.69) is 24.1 Å². The summed E-state index contributed by atoms with van der Waals surface area (Å²) in [7, 11) is 0. The quantitative estimate of drug-likeness (QED) is 0.567. The fraction of sp³-hybridized carbons (Fsp3) is 1.00. The average Bonchev–Trinajstić information content (AvgIpc) is 2.42. The van der Waals surface area contributed by atoms with Crippen molar-refractivity contribution in [3.05, 3.63) is 0 Å². The summed E-state index contributed by atoms with van der Waals surface area (Å²) in [5.74, 6) is 0. The molecular weight excluding hydrogens is 244 g/mol. The highest BCUT2D eigenvalue weighted by Gasteiger charge is 2.14. The molecule has 0 aromatic carbocycles. The van der Waals surface area contributed by atoms with Crippen molar-refractivity contribution in [1.82, 2.24) is 10.2 Å². The Morgan fingerprint density at radius 1 is 1.37 bits per heavy atom. The Labute approximate surface area is 117 Å². The number of nitrogens with zero attached hydrogens (tertiary/aromatic N) is 1. The van der Waals surface area contributed by atoms with Crippen LogP contribution in [0.25, 0.3) is 0 Å². The molecule has 2 unspecified atom stereocenters. The number of hydrogen-bond acceptors (Lipinski definition) is 5. The smallest absolute Gasteiger partial charge is 0.0897 e. The second-order valence-corrected chi connectivity index (χ2v) is 5.30. The van der Waals surface area contributed by atoms with Gasteiger partial charge >= 0.3 is 0 Å². The van der Waals surface area contributed by atoms with Gasteiger partial charge in [0.25, 0.3) is 0 Å². The summed E-state index contributed by atoms with van der Waals surface area (Å²) in [6.45, 7) is 10.7. The van der Waals surface area contributed by atoms with Crippen LogP contribution in [0.15, 0.2) is 0 Å². The van der Waals surface area contributed by atoms with Crippen LogP contribution < -0.4 is 5.32 Å². The van der Waals surface area contributed by atoms with Crippen molar-refractivity contribution in [2.75, 3.05) is 52.6 Å². The van der Waals surface area contributed by atoms with Gasteiger partial charge in [0, 0.05) is 38.8 Å². The lowest BCUT2D eigenvalue weighted by molar-refractivity contribution is 0.0262. The minimum absolute atomic E-state index is 0.378. The van der Waals surface area contributed by atoms with E-state index in [0.717, 1.165) is 52.3 Å². The van der Waals surface area contributed by atoms with Crippen LogP contribution >= 0.6 is 0 Å². The number of ether oxygens (including phenoxy) is 2. The first-order chi connectivity index (χ1) is 9.22. The van der Waals surface area contributed by atoms with Crippen molar-refractivity contribution in [3.63, 3.8) is 0 Å². The lowest BCUT2D eigenvalue weighted by Gasteiger charge is -2.29. The SMILES string of the molecule is CCCCOCC(O)CNC(C)CN1CCOCC1. The molecule has 0 aromatic heterocycles. The van der Waals surface area contributed by atoms with Crippen molar-refractivity contribution < 1.29 is 14.6 Å². The highest BCUT2D eigenvalue weighted by Crippen LogP contribution is 1.98. The van der Waals surface area contributed by atoms with E-state index < -0.39 is 6.10 Å². The number of aliphatic hydroxyl groups excluding tert-OH is 1. The molecule has 0 aliphatic carbocycles. The molecule has 2 N–H and O–H groups in total. The summed E-state index contributed by atoms with van der Waals surface area (Å²) in [5, 5.41) is 13.1. The van der Waals surface area contributed by atoms with Gasteiger partial charge in [-0.1, -0.05) is 13.3 Å². The molecular formula is C14H30N2O3. The predicted molar refractivity (Wildman–Crippen MR) is 76.5 cm³/mol. The zero-order valence-corrected chi connectivity index (χ0v) is 12.4. The fourth-order valence-electron chi connectivity index (χ4n) is 2.10. The second kappa shape index (κ2) is 10.6. The summed E-state index contributed by atoms with van der Waals surface area (Å²) >= 11 is 0. The molecule has 5 heteroatoms. The zero-order valence-electron chi connectivity index (χ0n) is 12.4. The first kappa shape index (κ1) is 16.9. The zero-order chi connectivity index (χ0) is 13.9. The molecule has 2 atom stereocenters. The molecule has 1 heterocycles. The number of unbranched alkanes of at least 4 members (excludes halogenated alkanes) is 1. The van der Waals surface area contributed by atoms with Gasteiger partial charge in [-0.2, -0.15) is 0 Å². The first-order valence-electron chi connectivity index (χ1n) is 7.51. The minimum Gasteiger partial charge on any atom is -0.389 e. The molecule has 114 valence electrons. The second-order valence-electron chi connectivity index (χ2n) is 5.30. The van der Waals surface area contributed by atoms with Crippen molar-refractivity contribution in [2.45, 2.75) is 38.8 Å². The van der Waals surface area contributed by atoms with Crippen molar-refractivity contribution in [2.24, 2.45) is 0 Å². The third-order valence-electron chi connectivity index (χ3n) is 3.29. The molecule has 1 aliphatic rings. The van der Waals surface area contributed by atoms with Gasteiger partial charge in [-0.05, 0) is 13.3 Å².